The predicted molar refractivity (Wildman–Crippen MR) is 150 cm³/mol. The van der Waals surface area contributed by atoms with Crippen LogP contribution in [0, 0.1) is 0 Å². The third-order valence-corrected chi connectivity index (χ3v) is 8.33. The molecular formula is C26H24N6O4S2. The van der Waals surface area contributed by atoms with Gasteiger partial charge >= 0.3 is 0 Å². The first-order chi connectivity index (χ1) is 18.5. The van der Waals surface area contributed by atoms with Crippen LogP contribution in [0.15, 0.2) is 46.6 Å². The molecule has 1 aliphatic rings. The lowest BCUT2D eigenvalue weighted by atomic mass is 10.1. The molecule has 38 heavy (non-hydrogen) atoms. The van der Waals surface area contributed by atoms with Crippen LogP contribution in [0.1, 0.15) is 27.8 Å². The Labute approximate surface area is 224 Å². The Balaban J connectivity index is 1.35. The van der Waals surface area contributed by atoms with Gasteiger partial charge in [-0.1, -0.05) is 12.1 Å². The maximum absolute atomic E-state index is 13.7. The number of carbonyl (C=O) groups is 2. The number of nitrogens with zero attached hydrogens (tertiary/aromatic N) is 4. The van der Waals surface area contributed by atoms with Crippen molar-refractivity contribution in [3.63, 3.8) is 0 Å². The summed E-state index contributed by atoms with van der Waals surface area (Å²) < 4.78 is 8.35. The lowest BCUT2D eigenvalue weighted by Gasteiger charge is -2.27. The fourth-order valence-corrected chi connectivity index (χ4v) is 6.46. The normalized spacial score (nSPS) is 13.9. The molecule has 4 aromatic heterocycles. The second-order valence-corrected chi connectivity index (χ2v) is 10.7. The number of fused-ring (bicyclic) bond motifs is 5. The summed E-state index contributed by atoms with van der Waals surface area (Å²) in [4.78, 5) is 50.3. The molecule has 1 saturated heterocycles. The van der Waals surface area contributed by atoms with E-state index in [4.69, 9.17) is 9.72 Å². The van der Waals surface area contributed by atoms with Crippen LogP contribution in [0.2, 0.25) is 0 Å². The fourth-order valence-electron chi connectivity index (χ4n) is 4.50. The van der Waals surface area contributed by atoms with Crippen LogP contribution < -0.4 is 21.0 Å². The van der Waals surface area contributed by atoms with E-state index in [2.05, 4.69) is 20.5 Å². The summed E-state index contributed by atoms with van der Waals surface area (Å²) in [5, 5.41) is 8.65. The molecule has 5 aromatic rings. The maximum atomic E-state index is 13.7. The molecule has 0 aliphatic carbocycles. The Kier molecular flexibility index (Phi) is 6.52. The number of hydrogen-bond acceptors (Lipinski definition) is 10. The summed E-state index contributed by atoms with van der Waals surface area (Å²) in [6.07, 6.45) is 0. The average molecular weight is 549 g/mol. The number of Topliss-reactive ketones (excluding diaryl/α,β-unsaturated/α-hetero) is 1. The average Bonchev–Trinajstić information content (AvgIpc) is 3.57. The summed E-state index contributed by atoms with van der Waals surface area (Å²) in [5.74, 6) is 0.240. The largest absolute Gasteiger partial charge is 0.378 e. The van der Waals surface area contributed by atoms with Gasteiger partial charge in [0.2, 0.25) is 5.43 Å². The zero-order chi connectivity index (χ0) is 26.2. The maximum Gasteiger partial charge on any atom is 0.258 e. The molecule has 1 fully saturated rings. The van der Waals surface area contributed by atoms with Crippen molar-refractivity contribution in [3.05, 3.63) is 63.3 Å². The highest BCUT2D eigenvalue weighted by molar-refractivity contribution is 7.24. The summed E-state index contributed by atoms with van der Waals surface area (Å²) in [7, 11) is 0. The van der Waals surface area contributed by atoms with Gasteiger partial charge in [-0.25, -0.2) is 9.97 Å². The van der Waals surface area contributed by atoms with Gasteiger partial charge in [-0.2, -0.15) is 0 Å². The van der Waals surface area contributed by atoms with E-state index in [0.29, 0.717) is 46.4 Å². The van der Waals surface area contributed by atoms with E-state index in [-0.39, 0.29) is 23.3 Å². The van der Waals surface area contributed by atoms with E-state index in [9.17, 15) is 14.4 Å². The van der Waals surface area contributed by atoms with E-state index in [1.54, 1.807) is 11.4 Å². The number of pyridine rings is 2. The molecule has 5 heterocycles. The van der Waals surface area contributed by atoms with Crippen molar-refractivity contribution in [1.29, 1.82) is 0 Å². The molecule has 0 unspecified atom stereocenters. The van der Waals surface area contributed by atoms with E-state index in [1.807, 2.05) is 34.7 Å². The predicted octanol–water partition coefficient (Wildman–Crippen LogP) is 3.40. The number of carbonyl (C=O) groups excluding carboxylic acids is 2. The molecule has 1 amide bonds. The van der Waals surface area contributed by atoms with Crippen molar-refractivity contribution < 1.29 is 14.3 Å². The highest BCUT2D eigenvalue weighted by Gasteiger charge is 2.23. The van der Waals surface area contributed by atoms with E-state index >= 15 is 0 Å². The number of thiazole rings is 2. The molecule has 1 aromatic carbocycles. The third-order valence-electron chi connectivity index (χ3n) is 6.39. The lowest BCUT2D eigenvalue weighted by molar-refractivity contribution is 0.0954. The van der Waals surface area contributed by atoms with Gasteiger partial charge in [0.15, 0.2) is 16.6 Å². The molecule has 0 spiro atoms. The van der Waals surface area contributed by atoms with Gasteiger partial charge in [-0.05, 0) is 24.3 Å². The van der Waals surface area contributed by atoms with Crippen LogP contribution in [0.5, 0.6) is 0 Å². The molecule has 12 heteroatoms. The molecule has 6 rings (SSSR count). The number of rotatable bonds is 7. The first-order valence-corrected chi connectivity index (χ1v) is 13.9. The first kappa shape index (κ1) is 24.5. The number of aromatic nitrogens is 3. The van der Waals surface area contributed by atoms with E-state index < -0.39 is 5.91 Å². The van der Waals surface area contributed by atoms with Gasteiger partial charge in [-0.15, -0.1) is 22.7 Å². The van der Waals surface area contributed by atoms with Gasteiger partial charge in [0.05, 0.1) is 28.8 Å². The zero-order valence-corrected chi connectivity index (χ0v) is 22.2. The van der Waals surface area contributed by atoms with E-state index in [0.717, 1.165) is 29.1 Å². The van der Waals surface area contributed by atoms with Crippen molar-refractivity contribution in [2.45, 2.75) is 6.92 Å². The Bertz CT molecular complexity index is 1750. The molecule has 0 atom stereocenters. The quantitative estimate of drug-likeness (QED) is 0.235. The van der Waals surface area contributed by atoms with Crippen molar-refractivity contribution in [2.24, 2.45) is 0 Å². The minimum absolute atomic E-state index is 0.0988. The van der Waals surface area contributed by atoms with Gasteiger partial charge in [0.1, 0.15) is 21.9 Å². The molecule has 1 aliphatic heterocycles. The number of para-hydroxylation sites is 1. The Hall–Kier alpha value is -3.87. The molecule has 0 radical (unpaired) electrons. The zero-order valence-electron chi connectivity index (χ0n) is 20.5. The monoisotopic (exact) mass is 548 g/mol. The van der Waals surface area contributed by atoms with Gasteiger partial charge in [-0.3, -0.25) is 18.8 Å². The Morgan fingerprint density at radius 2 is 1.89 bits per heavy atom. The number of morpholine rings is 1. The van der Waals surface area contributed by atoms with Crippen molar-refractivity contribution in [2.75, 3.05) is 49.6 Å². The van der Waals surface area contributed by atoms with Crippen molar-refractivity contribution >= 4 is 71.4 Å². The van der Waals surface area contributed by atoms with Crippen LogP contribution in [0.25, 0.3) is 26.1 Å². The summed E-state index contributed by atoms with van der Waals surface area (Å²) in [6.45, 7) is 4.85. The number of amides is 1. The van der Waals surface area contributed by atoms with Crippen LogP contribution in [0.3, 0.4) is 0 Å². The fraction of sp³-hybridized carbons (Fsp3) is 0.269. The number of hydrogen-bond donors (Lipinski definition) is 2. The minimum atomic E-state index is -0.441. The molecule has 0 bridgehead atoms. The topological polar surface area (TPSA) is 118 Å². The Morgan fingerprint density at radius 3 is 2.68 bits per heavy atom. The molecule has 2 N–H and O–H groups in total. The molecule has 0 saturated carbocycles. The number of ether oxygens (including phenoxy) is 1. The first-order valence-electron chi connectivity index (χ1n) is 12.2. The highest BCUT2D eigenvalue weighted by Crippen LogP contribution is 2.31. The summed E-state index contributed by atoms with van der Waals surface area (Å²) in [5.41, 5.74) is 1.60. The van der Waals surface area contributed by atoms with Gasteiger partial charge in [0, 0.05) is 38.5 Å². The van der Waals surface area contributed by atoms with Crippen LogP contribution >= 0.6 is 22.7 Å². The summed E-state index contributed by atoms with van der Waals surface area (Å²) >= 11 is 2.73. The van der Waals surface area contributed by atoms with Crippen molar-refractivity contribution in [1.82, 2.24) is 19.7 Å². The molecule has 194 valence electrons. The number of nitrogens with one attached hydrogen (secondary N) is 2. The van der Waals surface area contributed by atoms with Crippen LogP contribution in [0.4, 0.5) is 10.9 Å². The van der Waals surface area contributed by atoms with E-state index in [1.165, 1.54) is 29.6 Å². The van der Waals surface area contributed by atoms with Crippen molar-refractivity contribution in [3.8, 4) is 0 Å². The standard InChI is InChI=1S/C26H24N6O4S2/c1-15(33)17-14-37-26(29-17)28-9-8-27-24(35)21-22(34)16-6-7-20(31-10-12-36-13-11-31)30-23(16)32-18-4-2-3-5-19(18)38-25(21)32/h2-7,14H,8-13H2,1H3,(H,27,35)(H,28,29). The second kappa shape index (κ2) is 10.1. The molecular weight excluding hydrogens is 524 g/mol. The smallest absolute Gasteiger partial charge is 0.258 e. The second-order valence-electron chi connectivity index (χ2n) is 8.83. The van der Waals surface area contributed by atoms with Crippen LogP contribution in [-0.2, 0) is 4.74 Å². The number of benzene rings is 1. The number of anilines is 2. The van der Waals surface area contributed by atoms with Crippen LogP contribution in [-0.4, -0.2) is 65.5 Å². The van der Waals surface area contributed by atoms with Gasteiger partial charge in [0.25, 0.3) is 5.91 Å². The molecule has 10 nitrogen and oxygen atoms in total. The SMILES string of the molecule is CC(=O)c1csc(NCCNC(=O)c2c(=O)c3ccc(N4CCOCC4)nc3n3c2sc2ccccc23)n1. The summed E-state index contributed by atoms with van der Waals surface area (Å²) in [6, 6.07) is 11.4. The lowest BCUT2D eigenvalue weighted by Crippen LogP contribution is -2.37. The number of ketones is 1. The Morgan fingerprint density at radius 1 is 1.08 bits per heavy atom. The van der Waals surface area contributed by atoms with Gasteiger partial charge < -0.3 is 20.3 Å². The third kappa shape index (κ3) is 4.40. The highest BCUT2D eigenvalue weighted by atomic mass is 32.1. The minimum Gasteiger partial charge on any atom is -0.378 e.